The number of halogens is 1. The number of sulfonamides is 1. The zero-order chi connectivity index (χ0) is 13.9. The summed E-state index contributed by atoms with van der Waals surface area (Å²) in [5.74, 6) is -0.662. The SMILES string of the molecule is COC(=O)c1ccccc1S(=O)(=O)NC1CCNC1.Cl. The van der Waals surface area contributed by atoms with Crippen molar-refractivity contribution >= 4 is 28.4 Å². The highest BCUT2D eigenvalue weighted by atomic mass is 35.5. The average Bonchev–Trinajstić information content (AvgIpc) is 2.90. The van der Waals surface area contributed by atoms with Crippen LogP contribution in [0.15, 0.2) is 29.2 Å². The lowest BCUT2D eigenvalue weighted by Crippen LogP contribution is -2.36. The summed E-state index contributed by atoms with van der Waals surface area (Å²) in [4.78, 5) is 11.5. The van der Waals surface area contributed by atoms with Crippen LogP contribution in [0.1, 0.15) is 16.8 Å². The molecule has 8 heteroatoms. The predicted octanol–water partition coefficient (Wildman–Crippen LogP) is 0.535. The van der Waals surface area contributed by atoms with E-state index in [0.717, 1.165) is 13.0 Å². The molecular formula is C12H17ClN2O4S. The minimum Gasteiger partial charge on any atom is -0.465 e. The van der Waals surface area contributed by atoms with Gasteiger partial charge in [-0.3, -0.25) is 0 Å². The number of benzene rings is 1. The zero-order valence-electron chi connectivity index (χ0n) is 11.0. The van der Waals surface area contributed by atoms with Gasteiger partial charge in [-0.1, -0.05) is 12.1 Å². The molecule has 20 heavy (non-hydrogen) atoms. The van der Waals surface area contributed by atoms with Gasteiger partial charge >= 0.3 is 5.97 Å². The predicted molar refractivity (Wildman–Crippen MR) is 76.6 cm³/mol. The van der Waals surface area contributed by atoms with Gasteiger partial charge in [0, 0.05) is 12.6 Å². The van der Waals surface area contributed by atoms with Gasteiger partial charge in [-0.2, -0.15) is 0 Å². The van der Waals surface area contributed by atoms with E-state index in [1.165, 1.54) is 19.2 Å². The number of ether oxygens (including phenoxy) is 1. The minimum atomic E-state index is -3.72. The van der Waals surface area contributed by atoms with Crippen LogP contribution in [0, 0.1) is 0 Å². The summed E-state index contributed by atoms with van der Waals surface area (Å²) in [6.07, 6.45) is 0.736. The van der Waals surface area contributed by atoms with Crippen LogP contribution in [0.25, 0.3) is 0 Å². The molecule has 2 rings (SSSR count). The van der Waals surface area contributed by atoms with Crippen LogP contribution in [-0.2, 0) is 14.8 Å². The summed E-state index contributed by atoms with van der Waals surface area (Å²) in [5.41, 5.74) is 0.0449. The Morgan fingerprint density at radius 3 is 2.70 bits per heavy atom. The molecule has 0 amide bonds. The Hall–Kier alpha value is -1.15. The molecule has 2 N–H and O–H groups in total. The first kappa shape index (κ1) is 16.9. The molecule has 1 atom stereocenters. The molecule has 0 aliphatic carbocycles. The van der Waals surface area contributed by atoms with Gasteiger partial charge in [0.25, 0.3) is 0 Å². The van der Waals surface area contributed by atoms with E-state index in [0.29, 0.717) is 6.54 Å². The maximum atomic E-state index is 12.3. The number of methoxy groups -OCH3 is 1. The molecule has 1 aliphatic heterocycles. The van der Waals surface area contributed by atoms with Gasteiger partial charge in [-0.15, -0.1) is 12.4 Å². The van der Waals surface area contributed by atoms with E-state index in [2.05, 4.69) is 14.8 Å². The molecule has 1 aromatic carbocycles. The maximum absolute atomic E-state index is 12.3. The van der Waals surface area contributed by atoms with E-state index in [4.69, 9.17) is 0 Å². The van der Waals surface area contributed by atoms with Crippen LogP contribution >= 0.6 is 12.4 Å². The number of carbonyl (C=O) groups excluding carboxylic acids is 1. The molecule has 0 spiro atoms. The molecule has 0 radical (unpaired) electrons. The smallest absolute Gasteiger partial charge is 0.339 e. The molecule has 1 fully saturated rings. The Balaban J connectivity index is 0.00000200. The monoisotopic (exact) mass is 320 g/mol. The third-order valence-corrected chi connectivity index (χ3v) is 4.54. The fourth-order valence-electron chi connectivity index (χ4n) is 2.02. The van der Waals surface area contributed by atoms with Crippen molar-refractivity contribution in [2.45, 2.75) is 17.4 Å². The number of esters is 1. The second-order valence-corrected chi connectivity index (χ2v) is 5.98. The van der Waals surface area contributed by atoms with Crippen LogP contribution in [0.4, 0.5) is 0 Å². The van der Waals surface area contributed by atoms with Crippen molar-refractivity contribution in [2.24, 2.45) is 0 Å². The first-order chi connectivity index (χ1) is 9.04. The van der Waals surface area contributed by atoms with E-state index in [1.807, 2.05) is 0 Å². The van der Waals surface area contributed by atoms with E-state index in [1.54, 1.807) is 12.1 Å². The standard InChI is InChI=1S/C12H16N2O4S.ClH/c1-18-12(15)10-4-2-3-5-11(10)19(16,17)14-9-6-7-13-8-9;/h2-5,9,13-14H,6-8H2,1H3;1H. The van der Waals surface area contributed by atoms with Crippen molar-refractivity contribution in [3.63, 3.8) is 0 Å². The number of hydrogen-bond acceptors (Lipinski definition) is 5. The number of rotatable bonds is 4. The normalized spacial score (nSPS) is 18.4. The fraction of sp³-hybridized carbons (Fsp3) is 0.417. The molecule has 1 heterocycles. The van der Waals surface area contributed by atoms with Crippen LogP contribution in [-0.4, -0.2) is 40.6 Å². The highest BCUT2D eigenvalue weighted by Crippen LogP contribution is 2.17. The Morgan fingerprint density at radius 1 is 1.40 bits per heavy atom. The Kier molecular flexibility index (Phi) is 5.94. The Bertz CT molecular complexity index is 571. The molecule has 6 nitrogen and oxygen atoms in total. The van der Waals surface area contributed by atoms with Crippen molar-refractivity contribution < 1.29 is 17.9 Å². The number of nitrogens with one attached hydrogen (secondary N) is 2. The van der Waals surface area contributed by atoms with Gasteiger partial charge in [0.1, 0.15) is 0 Å². The molecule has 1 saturated heterocycles. The zero-order valence-corrected chi connectivity index (χ0v) is 12.6. The second-order valence-electron chi connectivity index (χ2n) is 4.30. The van der Waals surface area contributed by atoms with Crippen molar-refractivity contribution in [3.8, 4) is 0 Å². The number of hydrogen-bond donors (Lipinski definition) is 2. The summed E-state index contributed by atoms with van der Waals surface area (Å²) in [6.45, 7) is 1.38. The van der Waals surface area contributed by atoms with Gasteiger partial charge in [0.05, 0.1) is 17.6 Å². The molecule has 0 aromatic heterocycles. The first-order valence-corrected chi connectivity index (χ1v) is 7.43. The van der Waals surface area contributed by atoms with Gasteiger partial charge in [-0.25, -0.2) is 17.9 Å². The Morgan fingerprint density at radius 2 is 2.10 bits per heavy atom. The van der Waals surface area contributed by atoms with Crippen LogP contribution in [0.5, 0.6) is 0 Å². The van der Waals surface area contributed by atoms with Crippen LogP contribution in [0.3, 0.4) is 0 Å². The second kappa shape index (κ2) is 7.03. The summed E-state index contributed by atoms with van der Waals surface area (Å²) < 4.78 is 31.8. The van der Waals surface area contributed by atoms with E-state index >= 15 is 0 Å². The maximum Gasteiger partial charge on any atom is 0.339 e. The third kappa shape index (κ3) is 3.69. The average molecular weight is 321 g/mol. The van der Waals surface area contributed by atoms with Gasteiger partial charge < -0.3 is 10.1 Å². The van der Waals surface area contributed by atoms with Gasteiger partial charge in [0.2, 0.25) is 10.0 Å². The molecule has 0 bridgehead atoms. The lowest BCUT2D eigenvalue weighted by atomic mass is 10.2. The topological polar surface area (TPSA) is 84.5 Å². The molecule has 112 valence electrons. The van der Waals surface area contributed by atoms with Gasteiger partial charge in [-0.05, 0) is 25.1 Å². The van der Waals surface area contributed by atoms with E-state index < -0.39 is 16.0 Å². The van der Waals surface area contributed by atoms with Crippen molar-refractivity contribution in [1.29, 1.82) is 0 Å². The largest absolute Gasteiger partial charge is 0.465 e. The van der Waals surface area contributed by atoms with Crippen LogP contribution in [0.2, 0.25) is 0 Å². The molecule has 0 saturated carbocycles. The van der Waals surface area contributed by atoms with E-state index in [9.17, 15) is 13.2 Å². The summed E-state index contributed by atoms with van der Waals surface area (Å²) >= 11 is 0. The quantitative estimate of drug-likeness (QED) is 0.791. The van der Waals surface area contributed by atoms with Crippen molar-refractivity contribution in [1.82, 2.24) is 10.0 Å². The van der Waals surface area contributed by atoms with Crippen molar-refractivity contribution in [3.05, 3.63) is 29.8 Å². The lowest BCUT2D eigenvalue weighted by molar-refractivity contribution is 0.0596. The minimum absolute atomic E-state index is 0. The van der Waals surface area contributed by atoms with E-state index in [-0.39, 0.29) is 28.9 Å². The third-order valence-electron chi connectivity index (χ3n) is 2.96. The Labute approximate surface area is 124 Å². The van der Waals surface area contributed by atoms with Gasteiger partial charge in [0.15, 0.2) is 0 Å². The highest BCUT2D eigenvalue weighted by molar-refractivity contribution is 7.89. The van der Waals surface area contributed by atoms with Crippen LogP contribution < -0.4 is 10.0 Å². The molecular weight excluding hydrogens is 304 g/mol. The molecule has 1 aliphatic rings. The highest BCUT2D eigenvalue weighted by Gasteiger charge is 2.26. The number of carbonyl (C=O) groups is 1. The first-order valence-electron chi connectivity index (χ1n) is 5.95. The lowest BCUT2D eigenvalue weighted by Gasteiger charge is -2.14. The van der Waals surface area contributed by atoms with Crippen molar-refractivity contribution in [2.75, 3.05) is 20.2 Å². The summed E-state index contributed by atoms with van der Waals surface area (Å²) in [6, 6.07) is 5.87. The molecule has 1 aromatic rings. The molecule has 1 unspecified atom stereocenters. The summed E-state index contributed by atoms with van der Waals surface area (Å²) in [5, 5.41) is 3.08. The fourth-order valence-corrected chi connectivity index (χ4v) is 3.48. The summed E-state index contributed by atoms with van der Waals surface area (Å²) in [7, 11) is -2.50.